The minimum absolute atomic E-state index is 0.109. The number of amides is 1. The van der Waals surface area contributed by atoms with Gasteiger partial charge < -0.3 is 10.1 Å². The molecule has 1 amide bonds. The fourth-order valence-electron chi connectivity index (χ4n) is 3.58. The summed E-state index contributed by atoms with van der Waals surface area (Å²) in [5.74, 6) is 0.654. The van der Waals surface area contributed by atoms with Crippen LogP contribution in [0.4, 0.5) is 0 Å². The summed E-state index contributed by atoms with van der Waals surface area (Å²) >= 11 is 0. The molecule has 0 spiro atoms. The van der Waals surface area contributed by atoms with Gasteiger partial charge in [-0.25, -0.2) is 0 Å². The van der Waals surface area contributed by atoms with E-state index in [1.165, 1.54) is 5.56 Å². The number of hydrogen-bond acceptors (Lipinski definition) is 4. The molecule has 1 saturated carbocycles. The van der Waals surface area contributed by atoms with Crippen molar-refractivity contribution in [2.45, 2.75) is 50.5 Å². The van der Waals surface area contributed by atoms with E-state index in [0.717, 1.165) is 45.3 Å². The van der Waals surface area contributed by atoms with Crippen LogP contribution in [-0.2, 0) is 16.1 Å². The van der Waals surface area contributed by atoms with Crippen LogP contribution in [0.15, 0.2) is 24.5 Å². The predicted octanol–water partition coefficient (Wildman–Crippen LogP) is 1.34. The van der Waals surface area contributed by atoms with E-state index in [1.54, 1.807) is 0 Å². The van der Waals surface area contributed by atoms with E-state index >= 15 is 0 Å². The van der Waals surface area contributed by atoms with Crippen molar-refractivity contribution in [2.75, 3.05) is 13.1 Å². The Morgan fingerprint density at radius 3 is 2.91 bits per heavy atom. The monoisotopic (exact) mass is 301 g/mol. The summed E-state index contributed by atoms with van der Waals surface area (Å²) in [4.78, 5) is 18.6. The third-order valence-electron chi connectivity index (χ3n) is 5.01. The summed E-state index contributed by atoms with van der Waals surface area (Å²) in [5.41, 5.74) is 1.29. The summed E-state index contributed by atoms with van der Waals surface area (Å²) in [7, 11) is 0. The van der Waals surface area contributed by atoms with Crippen LogP contribution >= 0.6 is 0 Å². The zero-order valence-corrected chi connectivity index (χ0v) is 12.8. The Bertz CT molecular complexity index is 532. The lowest BCUT2D eigenvalue weighted by Crippen LogP contribution is -2.42. The van der Waals surface area contributed by atoms with Crippen molar-refractivity contribution in [3.8, 4) is 0 Å². The number of rotatable bonds is 4. The number of pyridine rings is 1. The van der Waals surface area contributed by atoms with Crippen LogP contribution in [0, 0.1) is 5.92 Å². The zero-order valence-electron chi connectivity index (χ0n) is 12.8. The number of carbonyl (C=O) groups excluding carboxylic acids is 1. The molecule has 0 aromatic carbocycles. The summed E-state index contributed by atoms with van der Waals surface area (Å²) < 4.78 is 6.06. The molecule has 3 aliphatic rings. The molecule has 0 unspecified atom stereocenters. The highest BCUT2D eigenvalue weighted by Gasteiger charge is 2.42. The van der Waals surface area contributed by atoms with Crippen LogP contribution in [0.1, 0.15) is 31.2 Å². The first-order chi connectivity index (χ1) is 10.8. The Balaban J connectivity index is 1.32. The van der Waals surface area contributed by atoms with Crippen LogP contribution < -0.4 is 5.32 Å². The Labute approximate surface area is 131 Å². The normalized spacial score (nSPS) is 31.7. The van der Waals surface area contributed by atoms with E-state index in [4.69, 9.17) is 4.74 Å². The van der Waals surface area contributed by atoms with Gasteiger partial charge in [-0.15, -0.1) is 0 Å². The molecule has 3 atom stereocenters. The van der Waals surface area contributed by atoms with Crippen molar-refractivity contribution in [2.24, 2.45) is 5.92 Å². The molecule has 0 bridgehead atoms. The molecule has 1 aromatic rings. The summed E-state index contributed by atoms with van der Waals surface area (Å²) in [6, 6.07) is 4.54. The average Bonchev–Trinajstić information content (AvgIpc) is 3.24. The number of hydrogen-bond donors (Lipinski definition) is 1. The van der Waals surface area contributed by atoms with E-state index in [0.29, 0.717) is 12.0 Å². The predicted molar refractivity (Wildman–Crippen MR) is 82.1 cm³/mol. The van der Waals surface area contributed by atoms with Gasteiger partial charge in [-0.2, -0.15) is 0 Å². The number of nitrogens with one attached hydrogen (secondary N) is 1. The number of carbonyl (C=O) groups is 1. The van der Waals surface area contributed by atoms with Crippen LogP contribution in [0.3, 0.4) is 0 Å². The maximum absolute atomic E-state index is 12.2. The second-order valence-corrected chi connectivity index (χ2v) is 6.82. The van der Waals surface area contributed by atoms with Gasteiger partial charge in [0.25, 0.3) is 0 Å². The first-order valence-electron chi connectivity index (χ1n) is 8.35. The number of nitrogens with zero attached hydrogens (tertiary/aromatic N) is 2. The molecule has 118 valence electrons. The minimum atomic E-state index is -0.225. The minimum Gasteiger partial charge on any atom is -0.364 e. The van der Waals surface area contributed by atoms with E-state index in [-0.39, 0.29) is 18.1 Å². The second-order valence-electron chi connectivity index (χ2n) is 6.82. The maximum atomic E-state index is 12.2. The number of fused-ring (bicyclic) bond motifs is 1. The van der Waals surface area contributed by atoms with Gasteiger partial charge in [0.2, 0.25) is 5.91 Å². The smallest absolute Gasteiger partial charge is 0.249 e. The lowest BCUT2D eigenvalue weighted by Gasteiger charge is -2.34. The maximum Gasteiger partial charge on any atom is 0.249 e. The largest absolute Gasteiger partial charge is 0.364 e. The SMILES string of the molecule is O=C(NC1CC1)[C@H]1C[C@@H]2CCN(Cc3ccncc3)C[C@H]2O1. The van der Waals surface area contributed by atoms with Gasteiger partial charge in [0, 0.05) is 31.5 Å². The van der Waals surface area contributed by atoms with Gasteiger partial charge in [-0.05, 0) is 55.8 Å². The molecule has 2 aliphatic heterocycles. The summed E-state index contributed by atoms with van der Waals surface area (Å²) in [6.07, 6.45) is 7.95. The van der Waals surface area contributed by atoms with E-state index in [9.17, 15) is 4.79 Å². The van der Waals surface area contributed by atoms with Crippen molar-refractivity contribution in [3.63, 3.8) is 0 Å². The Morgan fingerprint density at radius 1 is 1.32 bits per heavy atom. The van der Waals surface area contributed by atoms with Crippen molar-refractivity contribution < 1.29 is 9.53 Å². The highest BCUT2D eigenvalue weighted by Crippen LogP contribution is 2.34. The Morgan fingerprint density at radius 2 is 2.14 bits per heavy atom. The summed E-state index contributed by atoms with van der Waals surface area (Å²) in [6.45, 7) is 2.96. The molecule has 1 aromatic heterocycles. The van der Waals surface area contributed by atoms with Crippen molar-refractivity contribution >= 4 is 5.91 Å². The standard InChI is InChI=1S/C17H23N3O2/c21-17(19-14-1-2-14)15-9-13-5-8-20(11-16(13)22-15)10-12-3-6-18-7-4-12/h3-4,6-7,13-16H,1-2,5,8-11H2,(H,19,21)/t13-,15+,16+/m0/s1. The molecular weight excluding hydrogens is 278 g/mol. The molecule has 3 heterocycles. The number of likely N-dealkylation sites (tertiary alicyclic amines) is 1. The van der Waals surface area contributed by atoms with Crippen LogP contribution in [0.2, 0.25) is 0 Å². The molecular formula is C17H23N3O2. The van der Waals surface area contributed by atoms with Gasteiger partial charge in [-0.3, -0.25) is 14.7 Å². The molecule has 4 rings (SSSR count). The number of ether oxygens (including phenoxy) is 1. The van der Waals surface area contributed by atoms with Gasteiger partial charge >= 0.3 is 0 Å². The fraction of sp³-hybridized carbons (Fsp3) is 0.647. The first-order valence-corrected chi connectivity index (χ1v) is 8.35. The Hall–Kier alpha value is -1.46. The quantitative estimate of drug-likeness (QED) is 0.912. The summed E-state index contributed by atoms with van der Waals surface area (Å²) in [5, 5.41) is 3.07. The van der Waals surface area contributed by atoms with Crippen molar-refractivity contribution in [1.82, 2.24) is 15.2 Å². The third kappa shape index (κ3) is 3.15. The Kier molecular flexibility index (Phi) is 3.84. The molecule has 5 heteroatoms. The van der Waals surface area contributed by atoms with Crippen LogP contribution in [-0.4, -0.2) is 47.1 Å². The van der Waals surface area contributed by atoms with Crippen molar-refractivity contribution in [3.05, 3.63) is 30.1 Å². The average molecular weight is 301 g/mol. The number of piperidine rings is 1. The number of aromatic nitrogens is 1. The fourth-order valence-corrected chi connectivity index (χ4v) is 3.58. The van der Waals surface area contributed by atoms with Gasteiger partial charge in [0.15, 0.2) is 0 Å². The first kappa shape index (κ1) is 14.2. The van der Waals surface area contributed by atoms with Gasteiger partial charge in [-0.1, -0.05) is 0 Å². The molecule has 5 nitrogen and oxygen atoms in total. The molecule has 0 radical (unpaired) electrons. The third-order valence-corrected chi connectivity index (χ3v) is 5.01. The van der Waals surface area contributed by atoms with Gasteiger partial charge in [0.05, 0.1) is 6.10 Å². The van der Waals surface area contributed by atoms with Crippen LogP contribution in [0.25, 0.3) is 0 Å². The van der Waals surface area contributed by atoms with Crippen molar-refractivity contribution in [1.29, 1.82) is 0 Å². The second kappa shape index (κ2) is 5.97. The van der Waals surface area contributed by atoms with E-state index in [2.05, 4.69) is 27.3 Å². The van der Waals surface area contributed by atoms with E-state index in [1.807, 2.05) is 12.4 Å². The highest BCUT2D eigenvalue weighted by atomic mass is 16.5. The molecule has 3 fully saturated rings. The topological polar surface area (TPSA) is 54.5 Å². The lowest BCUT2D eigenvalue weighted by atomic mass is 9.91. The molecule has 1 N–H and O–H groups in total. The molecule has 1 aliphatic carbocycles. The molecule has 22 heavy (non-hydrogen) atoms. The highest BCUT2D eigenvalue weighted by molar-refractivity contribution is 5.81. The van der Waals surface area contributed by atoms with Crippen LogP contribution in [0.5, 0.6) is 0 Å². The lowest BCUT2D eigenvalue weighted by molar-refractivity contribution is -0.133. The zero-order chi connectivity index (χ0) is 14.9. The molecule has 2 saturated heterocycles. The van der Waals surface area contributed by atoms with Gasteiger partial charge in [0.1, 0.15) is 6.10 Å². The van der Waals surface area contributed by atoms with E-state index < -0.39 is 0 Å².